The van der Waals surface area contributed by atoms with Crippen molar-refractivity contribution in [3.8, 4) is 0 Å². The second-order valence-corrected chi connectivity index (χ2v) is 4.67. The van der Waals surface area contributed by atoms with Crippen LogP contribution >= 0.6 is 27.5 Å². The summed E-state index contributed by atoms with van der Waals surface area (Å²) in [4.78, 5) is 10.7. The molecular weight excluding hydrogens is 277 g/mol. The summed E-state index contributed by atoms with van der Waals surface area (Å²) in [7, 11) is 0. The van der Waals surface area contributed by atoms with E-state index in [1.54, 1.807) is 12.4 Å². The lowest BCUT2D eigenvalue weighted by molar-refractivity contribution is 0.780. The van der Waals surface area contributed by atoms with Gasteiger partial charge in [-0.25, -0.2) is 9.97 Å². The van der Waals surface area contributed by atoms with Gasteiger partial charge in [-0.3, -0.25) is 0 Å². The van der Waals surface area contributed by atoms with E-state index in [0.717, 1.165) is 31.0 Å². The molecule has 5 heteroatoms. The van der Waals surface area contributed by atoms with Crippen molar-refractivity contribution in [2.75, 3.05) is 18.0 Å². The minimum Gasteiger partial charge on any atom is -0.336 e. The van der Waals surface area contributed by atoms with Gasteiger partial charge in [0.05, 0.1) is 12.4 Å². The SMILES string of the molecule is ClCc1cnc(N2CCC=C(Br)C2)nc1. The van der Waals surface area contributed by atoms with Crippen LogP contribution in [-0.2, 0) is 5.88 Å². The van der Waals surface area contributed by atoms with Crippen molar-refractivity contribution in [3.05, 3.63) is 28.5 Å². The molecule has 1 aliphatic rings. The van der Waals surface area contributed by atoms with Crippen LogP contribution in [0, 0.1) is 0 Å². The Labute approximate surface area is 102 Å². The molecule has 0 aromatic carbocycles. The summed E-state index contributed by atoms with van der Waals surface area (Å²) in [5.74, 6) is 1.23. The van der Waals surface area contributed by atoms with E-state index in [1.807, 2.05) is 0 Å². The number of hydrogen-bond acceptors (Lipinski definition) is 3. The van der Waals surface area contributed by atoms with E-state index in [9.17, 15) is 0 Å². The lowest BCUT2D eigenvalue weighted by atomic mass is 10.2. The fraction of sp³-hybridized carbons (Fsp3) is 0.400. The summed E-state index contributed by atoms with van der Waals surface area (Å²) in [5.41, 5.74) is 0.951. The van der Waals surface area contributed by atoms with Crippen molar-refractivity contribution < 1.29 is 0 Å². The molecule has 0 saturated carbocycles. The minimum atomic E-state index is 0.462. The lowest BCUT2D eigenvalue weighted by Crippen LogP contribution is -2.30. The lowest BCUT2D eigenvalue weighted by Gasteiger charge is -2.25. The summed E-state index contributed by atoms with van der Waals surface area (Å²) in [6, 6.07) is 0. The zero-order chi connectivity index (χ0) is 10.7. The van der Waals surface area contributed by atoms with Gasteiger partial charge < -0.3 is 4.90 Å². The molecule has 80 valence electrons. The highest BCUT2D eigenvalue weighted by atomic mass is 79.9. The van der Waals surface area contributed by atoms with Gasteiger partial charge in [0.25, 0.3) is 0 Å². The van der Waals surface area contributed by atoms with Crippen molar-refractivity contribution in [1.29, 1.82) is 0 Å². The van der Waals surface area contributed by atoms with Crippen LogP contribution in [0.4, 0.5) is 5.95 Å². The highest BCUT2D eigenvalue weighted by molar-refractivity contribution is 9.11. The van der Waals surface area contributed by atoms with Gasteiger partial charge in [0.1, 0.15) is 0 Å². The first-order chi connectivity index (χ1) is 7.29. The number of anilines is 1. The maximum absolute atomic E-state index is 5.68. The molecular formula is C10H11BrClN3. The maximum Gasteiger partial charge on any atom is 0.225 e. The highest BCUT2D eigenvalue weighted by Crippen LogP contribution is 2.18. The monoisotopic (exact) mass is 287 g/mol. The molecule has 0 amide bonds. The van der Waals surface area contributed by atoms with Gasteiger partial charge in [-0.2, -0.15) is 0 Å². The molecule has 0 N–H and O–H groups in total. The van der Waals surface area contributed by atoms with E-state index in [2.05, 4.69) is 36.9 Å². The average Bonchev–Trinajstić information content (AvgIpc) is 2.29. The number of alkyl halides is 1. The van der Waals surface area contributed by atoms with Crippen molar-refractivity contribution in [1.82, 2.24) is 9.97 Å². The summed E-state index contributed by atoms with van der Waals surface area (Å²) in [6.07, 6.45) is 6.77. The Morgan fingerprint density at radius 1 is 1.40 bits per heavy atom. The van der Waals surface area contributed by atoms with Crippen LogP contribution < -0.4 is 4.90 Å². The van der Waals surface area contributed by atoms with Gasteiger partial charge >= 0.3 is 0 Å². The minimum absolute atomic E-state index is 0.462. The van der Waals surface area contributed by atoms with Gasteiger partial charge in [-0.1, -0.05) is 22.0 Å². The van der Waals surface area contributed by atoms with Crippen molar-refractivity contribution in [2.45, 2.75) is 12.3 Å². The molecule has 15 heavy (non-hydrogen) atoms. The molecule has 0 bridgehead atoms. The first-order valence-electron chi connectivity index (χ1n) is 4.76. The Morgan fingerprint density at radius 2 is 2.13 bits per heavy atom. The zero-order valence-corrected chi connectivity index (χ0v) is 10.5. The Bertz CT molecular complexity index is 363. The van der Waals surface area contributed by atoms with Crippen LogP contribution in [0.25, 0.3) is 0 Å². The third kappa shape index (κ3) is 2.69. The third-order valence-corrected chi connectivity index (χ3v) is 3.12. The number of hydrogen-bond donors (Lipinski definition) is 0. The topological polar surface area (TPSA) is 29.0 Å². The molecule has 3 nitrogen and oxygen atoms in total. The molecule has 0 spiro atoms. The Hall–Kier alpha value is -0.610. The van der Waals surface area contributed by atoms with Gasteiger partial charge in [0, 0.05) is 29.0 Å². The van der Waals surface area contributed by atoms with Crippen molar-refractivity contribution in [3.63, 3.8) is 0 Å². The average molecular weight is 289 g/mol. The number of rotatable bonds is 2. The van der Waals surface area contributed by atoms with Crippen molar-refractivity contribution >= 4 is 33.5 Å². The van der Waals surface area contributed by atoms with Crippen LogP contribution in [0.15, 0.2) is 23.0 Å². The second-order valence-electron chi connectivity index (χ2n) is 3.39. The maximum atomic E-state index is 5.68. The normalized spacial score (nSPS) is 16.4. The van der Waals surface area contributed by atoms with Crippen LogP contribution in [0.1, 0.15) is 12.0 Å². The Kier molecular flexibility index (Phi) is 3.59. The van der Waals surface area contributed by atoms with E-state index in [0.29, 0.717) is 5.88 Å². The van der Waals surface area contributed by atoms with Crippen molar-refractivity contribution in [2.24, 2.45) is 0 Å². The molecule has 0 radical (unpaired) electrons. The highest BCUT2D eigenvalue weighted by Gasteiger charge is 2.13. The summed E-state index contributed by atoms with van der Waals surface area (Å²) in [5, 5.41) is 0. The largest absolute Gasteiger partial charge is 0.336 e. The number of halogens is 2. The molecule has 0 atom stereocenters. The standard InChI is InChI=1S/C10H11BrClN3/c11-9-2-1-3-15(7-9)10-13-5-8(4-12)6-14-10/h2,5-6H,1,3-4,7H2. The quantitative estimate of drug-likeness (QED) is 0.784. The smallest absolute Gasteiger partial charge is 0.225 e. The van der Waals surface area contributed by atoms with Gasteiger partial charge in [0.2, 0.25) is 5.95 Å². The Balaban J connectivity index is 2.12. The molecule has 0 unspecified atom stereocenters. The number of aromatic nitrogens is 2. The molecule has 1 aromatic rings. The first-order valence-corrected chi connectivity index (χ1v) is 6.08. The van der Waals surface area contributed by atoms with Crippen LogP contribution in [0.3, 0.4) is 0 Å². The van der Waals surface area contributed by atoms with E-state index < -0.39 is 0 Å². The van der Waals surface area contributed by atoms with E-state index >= 15 is 0 Å². The molecule has 1 aromatic heterocycles. The molecule has 2 heterocycles. The van der Waals surface area contributed by atoms with E-state index in [1.165, 1.54) is 4.48 Å². The predicted molar refractivity (Wildman–Crippen MR) is 65.4 cm³/mol. The van der Waals surface area contributed by atoms with Crippen LogP contribution in [0.2, 0.25) is 0 Å². The summed E-state index contributed by atoms with van der Waals surface area (Å²) in [6.45, 7) is 1.82. The van der Waals surface area contributed by atoms with E-state index in [-0.39, 0.29) is 0 Å². The van der Waals surface area contributed by atoms with Gasteiger partial charge in [-0.05, 0) is 6.42 Å². The van der Waals surface area contributed by atoms with E-state index in [4.69, 9.17) is 11.6 Å². The summed E-state index contributed by atoms with van der Waals surface area (Å²) < 4.78 is 1.19. The second kappa shape index (κ2) is 4.94. The molecule has 0 aliphatic carbocycles. The van der Waals surface area contributed by atoms with Crippen LogP contribution in [0.5, 0.6) is 0 Å². The summed E-state index contributed by atoms with van der Waals surface area (Å²) >= 11 is 9.17. The van der Waals surface area contributed by atoms with Gasteiger partial charge in [0.15, 0.2) is 0 Å². The molecule has 0 saturated heterocycles. The molecule has 2 rings (SSSR count). The Morgan fingerprint density at radius 3 is 2.73 bits per heavy atom. The molecule has 0 fully saturated rings. The molecule has 1 aliphatic heterocycles. The van der Waals surface area contributed by atoms with Crippen LogP contribution in [-0.4, -0.2) is 23.1 Å². The third-order valence-electron chi connectivity index (χ3n) is 2.24. The zero-order valence-electron chi connectivity index (χ0n) is 8.16. The first kappa shape index (κ1) is 10.9. The van der Waals surface area contributed by atoms with Gasteiger partial charge in [-0.15, -0.1) is 11.6 Å². The predicted octanol–water partition coefficient (Wildman–Crippen LogP) is 2.70. The fourth-order valence-corrected chi connectivity index (χ4v) is 2.12. The number of nitrogens with zero attached hydrogens (tertiary/aromatic N) is 3. The fourth-order valence-electron chi connectivity index (χ4n) is 1.45.